The Balaban J connectivity index is 1.66. The molecule has 21 heavy (non-hydrogen) atoms. The van der Waals surface area contributed by atoms with Crippen LogP contribution in [0.25, 0.3) is 0 Å². The molecule has 0 unspecified atom stereocenters. The maximum atomic E-state index is 13.7. The van der Waals surface area contributed by atoms with E-state index >= 15 is 0 Å². The largest absolute Gasteiger partial charge is 0.387 e. The monoisotopic (exact) mass is 296 g/mol. The van der Waals surface area contributed by atoms with E-state index in [-0.39, 0.29) is 5.56 Å². The van der Waals surface area contributed by atoms with Crippen LogP contribution in [0, 0.1) is 11.6 Å². The van der Waals surface area contributed by atoms with Gasteiger partial charge in [-0.05, 0) is 57.1 Å². The molecule has 0 aliphatic carbocycles. The van der Waals surface area contributed by atoms with Crippen LogP contribution in [0.5, 0.6) is 0 Å². The van der Waals surface area contributed by atoms with Gasteiger partial charge in [0.2, 0.25) is 0 Å². The molecule has 3 nitrogen and oxygen atoms in total. The molecular formula is C16H22F2N2O. The fourth-order valence-electron chi connectivity index (χ4n) is 3.56. The van der Waals surface area contributed by atoms with Crippen LogP contribution < -0.4 is 0 Å². The first kappa shape index (κ1) is 14.9. The van der Waals surface area contributed by atoms with Crippen molar-refractivity contribution in [1.29, 1.82) is 0 Å². The molecule has 0 bridgehead atoms. The SMILES string of the molecule is O[C@H](CN1CCCN2CCC[C@@H]2C1)c1cc(F)ccc1F. The molecule has 2 aliphatic rings. The number of β-amino-alcohol motifs (C(OH)–C–C–N with tert-alkyl or cyclic N) is 1. The summed E-state index contributed by atoms with van der Waals surface area (Å²) in [5, 5.41) is 10.2. The van der Waals surface area contributed by atoms with E-state index in [1.807, 2.05) is 0 Å². The van der Waals surface area contributed by atoms with Gasteiger partial charge in [-0.2, -0.15) is 0 Å². The lowest BCUT2D eigenvalue weighted by molar-refractivity contribution is 0.105. The summed E-state index contributed by atoms with van der Waals surface area (Å²) in [6.07, 6.45) is 2.52. The predicted octanol–water partition coefficient (Wildman–Crippen LogP) is 2.17. The number of rotatable bonds is 3. The minimum atomic E-state index is -0.978. The van der Waals surface area contributed by atoms with Crippen molar-refractivity contribution in [3.05, 3.63) is 35.4 Å². The van der Waals surface area contributed by atoms with Gasteiger partial charge < -0.3 is 5.11 Å². The highest BCUT2D eigenvalue weighted by atomic mass is 19.1. The minimum absolute atomic E-state index is 0.0579. The molecule has 2 aliphatic heterocycles. The van der Waals surface area contributed by atoms with Crippen LogP contribution >= 0.6 is 0 Å². The Morgan fingerprint density at radius 2 is 2.00 bits per heavy atom. The maximum absolute atomic E-state index is 13.7. The van der Waals surface area contributed by atoms with Gasteiger partial charge >= 0.3 is 0 Å². The van der Waals surface area contributed by atoms with E-state index in [0.717, 1.165) is 44.3 Å². The van der Waals surface area contributed by atoms with E-state index in [2.05, 4.69) is 9.80 Å². The van der Waals surface area contributed by atoms with E-state index < -0.39 is 17.7 Å². The van der Waals surface area contributed by atoms with Gasteiger partial charge in [0.25, 0.3) is 0 Å². The molecule has 116 valence electrons. The van der Waals surface area contributed by atoms with Gasteiger partial charge in [0.1, 0.15) is 11.6 Å². The van der Waals surface area contributed by atoms with E-state index in [0.29, 0.717) is 12.6 Å². The third-order valence-corrected chi connectivity index (χ3v) is 4.64. The van der Waals surface area contributed by atoms with Gasteiger partial charge in [0, 0.05) is 24.7 Å². The first-order valence-corrected chi connectivity index (χ1v) is 7.73. The van der Waals surface area contributed by atoms with E-state index in [4.69, 9.17) is 0 Å². The lowest BCUT2D eigenvalue weighted by atomic mass is 10.1. The molecule has 1 aromatic carbocycles. The summed E-state index contributed by atoms with van der Waals surface area (Å²) in [7, 11) is 0. The van der Waals surface area contributed by atoms with E-state index in [9.17, 15) is 13.9 Å². The topological polar surface area (TPSA) is 26.7 Å². The normalized spacial score (nSPS) is 25.6. The van der Waals surface area contributed by atoms with Crippen molar-refractivity contribution in [2.24, 2.45) is 0 Å². The number of nitrogens with zero attached hydrogens (tertiary/aromatic N) is 2. The van der Waals surface area contributed by atoms with E-state index in [1.165, 1.54) is 19.4 Å². The second-order valence-corrected chi connectivity index (χ2v) is 6.13. The number of aliphatic hydroxyl groups excluding tert-OH is 1. The Bertz CT molecular complexity index is 497. The van der Waals surface area contributed by atoms with Crippen molar-refractivity contribution in [3.63, 3.8) is 0 Å². The summed E-state index contributed by atoms with van der Waals surface area (Å²) in [4.78, 5) is 4.69. The van der Waals surface area contributed by atoms with Crippen molar-refractivity contribution in [2.45, 2.75) is 31.4 Å². The van der Waals surface area contributed by atoms with Crippen LogP contribution in [0.3, 0.4) is 0 Å². The third kappa shape index (κ3) is 3.42. The van der Waals surface area contributed by atoms with Gasteiger partial charge in [0.15, 0.2) is 0 Å². The molecule has 5 heteroatoms. The van der Waals surface area contributed by atoms with Crippen molar-refractivity contribution in [3.8, 4) is 0 Å². The highest BCUT2D eigenvalue weighted by Gasteiger charge is 2.29. The molecule has 1 aromatic rings. The Kier molecular flexibility index (Phi) is 4.52. The number of hydrogen-bond donors (Lipinski definition) is 1. The van der Waals surface area contributed by atoms with Gasteiger partial charge in [-0.1, -0.05) is 0 Å². The molecule has 0 amide bonds. The fraction of sp³-hybridized carbons (Fsp3) is 0.625. The van der Waals surface area contributed by atoms with E-state index in [1.54, 1.807) is 0 Å². The molecule has 2 saturated heterocycles. The number of halogens is 2. The number of fused-ring (bicyclic) bond motifs is 1. The zero-order valence-electron chi connectivity index (χ0n) is 12.1. The summed E-state index contributed by atoms with van der Waals surface area (Å²) in [5.41, 5.74) is 0.0579. The van der Waals surface area contributed by atoms with Gasteiger partial charge in [-0.25, -0.2) is 8.78 Å². The second-order valence-electron chi connectivity index (χ2n) is 6.13. The predicted molar refractivity (Wildman–Crippen MR) is 77.0 cm³/mol. The first-order valence-electron chi connectivity index (χ1n) is 7.73. The maximum Gasteiger partial charge on any atom is 0.129 e. The standard InChI is InChI=1S/C16H22F2N2O/c17-12-4-5-15(18)14(9-12)16(21)11-19-6-2-8-20-7-1-3-13(20)10-19/h4-5,9,13,16,21H,1-3,6-8,10-11H2/t13-,16-/m1/s1. The van der Waals surface area contributed by atoms with Crippen LogP contribution in [-0.2, 0) is 0 Å². The third-order valence-electron chi connectivity index (χ3n) is 4.64. The van der Waals surface area contributed by atoms with Crippen LogP contribution in [0.4, 0.5) is 8.78 Å². The number of benzene rings is 1. The highest BCUT2D eigenvalue weighted by Crippen LogP contribution is 2.24. The average molecular weight is 296 g/mol. The fourth-order valence-corrected chi connectivity index (χ4v) is 3.56. The summed E-state index contributed by atoms with van der Waals surface area (Å²) in [5.74, 6) is -1.05. The molecule has 3 rings (SSSR count). The summed E-state index contributed by atoms with van der Waals surface area (Å²) >= 11 is 0. The zero-order chi connectivity index (χ0) is 14.8. The van der Waals surface area contributed by atoms with Gasteiger partial charge in [-0.15, -0.1) is 0 Å². The molecular weight excluding hydrogens is 274 g/mol. The summed E-state index contributed by atoms with van der Waals surface area (Å²) in [6.45, 7) is 4.45. The lowest BCUT2D eigenvalue weighted by Crippen LogP contribution is -2.38. The van der Waals surface area contributed by atoms with Crippen LogP contribution in [0.2, 0.25) is 0 Å². The van der Waals surface area contributed by atoms with Crippen molar-refractivity contribution in [1.82, 2.24) is 9.80 Å². The molecule has 2 heterocycles. The lowest BCUT2D eigenvalue weighted by Gasteiger charge is -2.27. The highest BCUT2D eigenvalue weighted by molar-refractivity contribution is 5.21. The summed E-state index contributed by atoms with van der Waals surface area (Å²) in [6, 6.07) is 3.81. The second kappa shape index (κ2) is 6.38. The smallest absolute Gasteiger partial charge is 0.129 e. The average Bonchev–Trinajstić information content (AvgIpc) is 2.80. The van der Waals surface area contributed by atoms with Crippen LogP contribution in [-0.4, -0.2) is 53.7 Å². The minimum Gasteiger partial charge on any atom is -0.387 e. The zero-order valence-corrected chi connectivity index (χ0v) is 12.1. The Hall–Kier alpha value is -1.04. The van der Waals surface area contributed by atoms with Crippen molar-refractivity contribution < 1.29 is 13.9 Å². The molecule has 0 spiro atoms. The Labute approximate surface area is 124 Å². The number of hydrogen-bond acceptors (Lipinski definition) is 3. The quantitative estimate of drug-likeness (QED) is 0.926. The molecule has 2 fully saturated rings. The molecule has 0 saturated carbocycles. The van der Waals surface area contributed by atoms with Crippen LogP contribution in [0.1, 0.15) is 30.9 Å². The molecule has 0 radical (unpaired) electrons. The van der Waals surface area contributed by atoms with Crippen molar-refractivity contribution >= 4 is 0 Å². The molecule has 2 atom stereocenters. The van der Waals surface area contributed by atoms with Gasteiger partial charge in [-0.3, -0.25) is 9.80 Å². The Morgan fingerprint density at radius 1 is 1.19 bits per heavy atom. The van der Waals surface area contributed by atoms with Gasteiger partial charge in [0.05, 0.1) is 6.10 Å². The number of aliphatic hydroxyl groups is 1. The van der Waals surface area contributed by atoms with Crippen LogP contribution in [0.15, 0.2) is 18.2 Å². The first-order chi connectivity index (χ1) is 10.1. The molecule has 0 aromatic heterocycles. The molecule has 1 N–H and O–H groups in total. The Morgan fingerprint density at radius 3 is 2.86 bits per heavy atom. The summed E-state index contributed by atoms with van der Waals surface area (Å²) < 4.78 is 26.9. The van der Waals surface area contributed by atoms with Crippen molar-refractivity contribution in [2.75, 3.05) is 32.7 Å².